The van der Waals surface area contributed by atoms with E-state index in [1.165, 1.54) is 29.2 Å². The average molecular weight is 598 g/mol. The van der Waals surface area contributed by atoms with Gasteiger partial charge in [-0.2, -0.15) is 26.3 Å². The zero-order valence-electron chi connectivity index (χ0n) is 20.2. The van der Waals surface area contributed by atoms with E-state index in [9.17, 15) is 35.5 Å². The van der Waals surface area contributed by atoms with Gasteiger partial charge in [0.05, 0.1) is 11.1 Å². The van der Waals surface area contributed by atoms with E-state index in [1.807, 2.05) is 11.0 Å². The fraction of sp³-hybridized carbons (Fsp3) is 0.308. The van der Waals surface area contributed by atoms with Crippen molar-refractivity contribution in [2.75, 3.05) is 19.6 Å². The predicted molar refractivity (Wildman–Crippen MR) is 135 cm³/mol. The molecule has 0 radical (unpaired) electrons. The Bertz CT molecular complexity index is 1210. The van der Waals surface area contributed by atoms with Crippen molar-refractivity contribution < 1.29 is 35.5 Å². The molecule has 13 heteroatoms. The Morgan fingerprint density at radius 3 is 2.03 bits per heavy atom. The Kier molecular flexibility index (Phi) is 10.8. The topological polar surface area (TPSA) is 36.4 Å². The van der Waals surface area contributed by atoms with E-state index in [1.54, 1.807) is 18.5 Å². The van der Waals surface area contributed by atoms with Gasteiger partial charge in [0.2, 0.25) is 0 Å². The number of benzene rings is 2. The van der Waals surface area contributed by atoms with Gasteiger partial charge in [0, 0.05) is 50.2 Å². The maximum atomic E-state index is 13.4. The maximum absolute atomic E-state index is 13.4. The van der Waals surface area contributed by atoms with E-state index in [2.05, 4.69) is 4.98 Å². The fourth-order valence-corrected chi connectivity index (χ4v) is 4.39. The Balaban J connectivity index is 0.00000267. The SMILES string of the molecule is Cl.Cl.O=C(c1cc(C(F)(F)F)cc(C(F)(F)F)c1)N1CCN(Cc2cccnc2)CC1Cc1ccc(F)cc1. The standard InChI is InChI=1S/C26H22F7N3O.2ClH/c27-22-5-3-17(4-6-22)10-23-16-35(15-18-2-1-7-34-14-18)8-9-36(23)24(37)19-11-20(25(28,29)30)13-21(12-19)26(31,32)33;;/h1-7,11-14,23H,8-10,15-16H2;2*1H. The second kappa shape index (κ2) is 13.0. The van der Waals surface area contributed by atoms with Gasteiger partial charge in [-0.25, -0.2) is 4.39 Å². The molecule has 4 rings (SSSR count). The molecule has 2 heterocycles. The molecule has 0 saturated carbocycles. The second-order valence-corrected chi connectivity index (χ2v) is 8.87. The van der Waals surface area contributed by atoms with Gasteiger partial charge < -0.3 is 4.90 Å². The first-order chi connectivity index (χ1) is 17.4. The molecule has 212 valence electrons. The zero-order valence-corrected chi connectivity index (χ0v) is 21.8. The Morgan fingerprint density at radius 2 is 1.49 bits per heavy atom. The lowest BCUT2D eigenvalue weighted by molar-refractivity contribution is -0.143. The van der Waals surface area contributed by atoms with Gasteiger partial charge in [-0.3, -0.25) is 14.7 Å². The summed E-state index contributed by atoms with van der Waals surface area (Å²) in [4.78, 5) is 20.8. The van der Waals surface area contributed by atoms with Crippen LogP contribution in [0.5, 0.6) is 0 Å². The highest BCUT2D eigenvalue weighted by molar-refractivity contribution is 5.95. The van der Waals surface area contributed by atoms with E-state index < -0.39 is 46.8 Å². The molecule has 3 aromatic rings. The maximum Gasteiger partial charge on any atom is 0.416 e. The molecule has 0 spiro atoms. The number of carbonyl (C=O) groups excluding carboxylic acids is 1. The number of carbonyl (C=O) groups is 1. The molecule has 1 fully saturated rings. The number of aromatic nitrogens is 1. The summed E-state index contributed by atoms with van der Waals surface area (Å²) in [5, 5.41) is 0. The molecule has 1 amide bonds. The number of hydrogen-bond donors (Lipinski definition) is 0. The van der Waals surface area contributed by atoms with Crippen LogP contribution < -0.4 is 0 Å². The molecule has 1 aliphatic rings. The number of rotatable bonds is 5. The van der Waals surface area contributed by atoms with E-state index in [0.29, 0.717) is 37.3 Å². The first kappa shape index (κ1) is 32.3. The van der Waals surface area contributed by atoms with Crippen LogP contribution in [0.15, 0.2) is 67.0 Å². The summed E-state index contributed by atoms with van der Waals surface area (Å²) < 4.78 is 93.6. The molecule has 4 nitrogen and oxygen atoms in total. The largest absolute Gasteiger partial charge is 0.416 e. The summed E-state index contributed by atoms with van der Waals surface area (Å²) >= 11 is 0. The number of hydrogen-bond acceptors (Lipinski definition) is 3. The van der Waals surface area contributed by atoms with Gasteiger partial charge in [0.25, 0.3) is 5.91 Å². The van der Waals surface area contributed by atoms with Crippen LogP contribution in [0.3, 0.4) is 0 Å². The molecule has 1 aromatic heterocycles. The highest BCUT2D eigenvalue weighted by atomic mass is 35.5. The molecular formula is C26H24Cl2F7N3O. The molecule has 39 heavy (non-hydrogen) atoms. The highest BCUT2D eigenvalue weighted by Gasteiger charge is 2.39. The van der Waals surface area contributed by atoms with Gasteiger partial charge in [0.15, 0.2) is 0 Å². The second-order valence-electron chi connectivity index (χ2n) is 8.87. The lowest BCUT2D eigenvalue weighted by atomic mass is 9.99. The lowest BCUT2D eigenvalue weighted by Crippen LogP contribution is -2.55. The number of alkyl halides is 6. The van der Waals surface area contributed by atoms with Crippen molar-refractivity contribution in [3.05, 3.63) is 101 Å². The van der Waals surface area contributed by atoms with Crippen LogP contribution in [0.4, 0.5) is 30.7 Å². The van der Waals surface area contributed by atoms with Crippen LogP contribution in [0.1, 0.15) is 32.6 Å². The minimum atomic E-state index is -5.06. The zero-order chi connectivity index (χ0) is 26.8. The normalized spacial score (nSPS) is 16.3. The van der Waals surface area contributed by atoms with Crippen molar-refractivity contribution in [2.45, 2.75) is 31.4 Å². The van der Waals surface area contributed by atoms with Crippen LogP contribution in [0.25, 0.3) is 0 Å². The van der Waals surface area contributed by atoms with Crippen molar-refractivity contribution in [1.29, 1.82) is 0 Å². The van der Waals surface area contributed by atoms with Crippen molar-refractivity contribution in [3.8, 4) is 0 Å². The van der Waals surface area contributed by atoms with Gasteiger partial charge in [0.1, 0.15) is 5.82 Å². The van der Waals surface area contributed by atoms with Crippen molar-refractivity contribution >= 4 is 30.7 Å². The van der Waals surface area contributed by atoms with E-state index in [-0.39, 0.29) is 43.8 Å². The van der Waals surface area contributed by atoms with Crippen LogP contribution in [-0.4, -0.2) is 46.4 Å². The van der Waals surface area contributed by atoms with E-state index in [4.69, 9.17) is 0 Å². The van der Waals surface area contributed by atoms with Crippen molar-refractivity contribution in [2.24, 2.45) is 0 Å². The molecule has 1 atom stereocenters. The minimum Gasteiger partial charge on any atom is -0.333 e. The molecule has 1 unspecified atom stereocenters. The third kappa shape index (κ3) is 8.30. The van der Waals surface area contributed by atoms with Gasteiger partial charge in [-0.15, -0.1) is 24.8 Å². The molecular weight excluding hydrogens is 574 g/mol. The number of piperazine rings is 1. The van der Waals surface area contributed by atoms with Crippen LogP contribution >= 0.6 is 24.8 Å². The third-order valence-electron chi connectivity index (χ3n) is 6.18. The molecule has 1 saturated heterocycles. The molecule has 2 aromatic carbocycles. The number of nitrogens with zero attached hydrogens (tertiary/aromatic N) is 3. The van der Waals surface area contributed by atoms with Crippen molar-refractivity contribution in [1.82, 2.24) is 14.8 Å². The lowest BCUT2D eigenvalue weighted by Gasteiger charge is -2.42. The average Bonchev–Trinajstić information content (AvgIpc) is 2.84. The number of halogens is 9. The van der Waals surface area contributed by atoms with Crippen molar-refractivity contribution in [3.63, 3.8) is 0 Å². The summed E-state index contributed by atoms with van der Waals surface area (Å²) in [6.07, 6.45) is -6.57. The monoisotopic (exact) mass is 597 g/mol. The summed E-state index contributed by atoms with van der Waals surface area (Å²) in [6.45, 7) is 1.24. The highest BCUT2D eigenvalue weighted by Crippen LogP contribution is 2.37. The summed E-state index contributed by atoms with van der Waals surface area (Å²) in [7, 11) is 0. The predicted octanol–water partition coefficient (Wildman–Crippen LogP) is 6.67. The number of amides is 1. The first-order valence-electron chi connectivity index (χ1n) is 11.4. The molecule has 1 aliphatic heterocycles. The molecule has 0 aliphatic carbocycles. The Hall–Kier alpha value is -2.89. The summed E-state index contributed by atoms with van der Waals surface area (Å²) in [5.74, 6) is -1.38. The van der Waals surface area contributed by atoms with Crippen LogP contribution in [0.2, 0.25) is 0 Å². The molecule has 0 N–H and O–H groups in total. The molecule has 0 bridgehead atoms. The van der Waals surface area contributed by atoms with Gasteiger partial charge >= 0.3 is 12.4 Å². The Labute approximate surface area is 232 Å². The fourth-order valence-electron chi connectivity index (χ4n) is 4.39. The number of pyridine rings is 1. The minimum absolute atomic E-state index is 0. The summed E-state index contributed by atoms with van der Waals surface area (Å²) in [6, 6.07) is 9.54. The van der Waals surface area contributed by atoms with E-state index >= 15 is 0 Å². The quantitative estimate of drug-likeness (QED) is 0.308. The van der Waals surface area contributed by atoms with Gasteiger partial charge in [-0.05, 0) is 53.9 Å². The van der Waals surface area contributed by atoms with Crippen LogP contribution in [-0.2, 0) is 25.3 Å². The third-order valence-corrected chi connectivity index (χ3v) is 6.18. The van der Waals surface area contributed by atoms with Gasteiger partial charge in [-0.1, -0.05) is 18.2 Å². The van der Waals surface area contributed by atoms with Crippen LogP contribution in [0, 0.1) is 5.82 Å². The smallest absolute Gasteiger partial charge is 0.333 e. The summed E-state index contributed by atoms with van der Waals surface area (Å²) in [5.41, 5.74) is -2.19. The van der Waals surface area contributed by atoms with E-state index in [0.717, 1.165) is 5.56 Å². The first-order valence-corrected chi connectivity index (χ1v) is 11.4. The Morgan fingerprint density at radius 1 is 0.872 bits per heavy atom.